The molecule has 0 radical (unpaired) electrons. The van der Waals surface area contributed by atoms with Crippen LogP contribution in [0.3, 0.4) is 0 Å². The highest BCUT2D eigenvalue weighted by Gasteiger charge is 2.09. The highest BCUT2D eigenvalue weighted by Crippen LogP contribution is 2.20. The summed E-state index contributed by atoms with van der Waals surface area (Å²) >= 11 is 0. The lowest BCUT2D eigenvalue weighted by Gasteiger charge is -2.04. The van der Waals surface area contributed by atoms with Crippen molar-refractivity contribution in [2.45, 2.75) is 18.9 Å². The Morgan fingerprint density at radius 1 is 1.06 bits per heavy atom. The molecular formula is C16H17N. The van der Waals surface area contributed by atoms with Crippen LogP contribution in [0.25, 0.3) is 16.8 Å². The molecule has 1 aliphatic heterocycles. The molecule has 1 fully saturated rings. The number of benzene rings is 2. The van der Waals surface area contributed by atoms with Gasteiger partial charge in [-0.3, -0.25) is 0 Å². The van der Waals surface area contributed by atoms with Crippen molar-refractivity contribution in [2.24, 2.45) is 0 Å². The summed E-state index contributed by atoms with van der Waals surface area (Å²) in [5.74, 6) is 0. The summed E-state index contributed by atoms with van der Waals surface area (Å²) in [4.78, 5) is 0. The maximum atomic E-state index is 3.49. The van der Waals surface area contributed by atoms with E-state index in [9.17, 15) is 0 Å². The molecule has 0 spiro atoms. The number of fused-ring (bicyclic) bond motifs is 1. The van der Waals surface area contributed by atoms with Crippen molar-refractivity contribution < 1.29 is 0 Å². The van der Waals surface area contributed by atoms with Crippen molar-refractivity contribution in [1.29, 1.82) is 0 Å². The van der Waals surface area contributed by atoms with Gasteiger partial charge in [0.15, 0.2) is 0 Å². The molecule has 1 heteroatoms. The molecule has 0 aromatic heterocycles. The van der Waals surface area contributed by atoms with E-state index in [1.807, 2.05) is 0 Å². The molecule has 1 heterocycles. The summed E-state index contributed by atoms with van der Waals surface area (Å²) in [5.41, 5.74) is 1.32. The number of hydrogen-bond acceptors (Lipinski definition) is 1. The van der Waals surface area contributed by atoms with Gasteiger partial charge in [-0.1, -0.05) is 54.6 Å². The van der Waals surface area contributed by atoms with Crippen molar-refractivity contribution in [3.8, 4) is 0 Å². The van der Waals surface area contributed by atoms with E-state index in [-0.39, 0.29) is 0 Å². The molecule has 1 N–H and O–H groups in total. The van der Waals surface area contributed by atoms with Gasteiger partial charge < -0.3 is 5.32 Å². The van der Waals surface area contributed by atoms with E-state index >= 15 is 0 Å². The smallest absolute Gasteiger partial charge is 0.0253 e. The van der Waals surface area contributed by atoms with Gasteiger partial charge in [-0.2, -0.15) is 0 Å². The van der Waals surface area contributed by atoms with E-state index in [1.54, 1.807) is 0 Å². The Morgan fingerprint density at radius 2 is 1.94 bits per heavy atom. The molecule has 86 valence electrons. The lowest BCUT2D eigenvalue weighted by molar-refractivity contribution is 0.730. The molecule has 2 aromatic rings. The minimum Gasteiger partial charge on any atom is -0.311 e. The standard InChI is InChI=1S/C16H17N/c1-2-9-16-13(5-1)6-3-7-14(16)10-11-15-8-4-12-17-15/h1-3,5-7,9-11,15,17H,4,8,12H2/t15-/m1/s1. The monoisotopic (exact) mass is 223 g/mol. The van der Waals surface area contributed by atoms with Gasteiger partial charge in [-0.25, -0.2) is 0 Å². The van der Waals surface area contributed by atoms with Crippen LogP contribution in [0.5, 0.6) is 0 Å². The first-order valence-corrected chi connectivity index (χ1v) is 6.33. The van der Waals surface area contributed by atoms with E-state index in [0.717, 1.165) is 6.54 Å². The fraction of sp³-hybridized carbons (Fsp3) is 0.250. The van der Waals surface area contributed by atoms with Gasteiger partial charge in [0, 0.05) is 6.04 Å². The summed E-state index contributed by atoms with van der Waals surface area (Å²) in [5, 5.41) is 6.14. The van der Waals surface area contributed by atoms with E-state index < -0.39 is 0 Å². The largest absolute Gasteiger partial charge is 0.311 e. The molecule has 3 rings (SSSR count). The van der Waals surface area contributed by atoms with Gasteiger partial charge in [-0.05, 0) is 35.7 Å². The predicted octanol–water partition coefficient (Wildman–Crippen LogP) is 3.61. The minimum absolute atomic E-state index is 0.564. The third-order valence-corrected chi connectivity index (χ3v) is 3.43. The molecule has 2 aromatic carbocycles. The molecule has 1 atom stereocenters. The molecule has 17 heavy (non-hydrogen) atoms. The Labute approximate surface area is 102 Å². The van der Waals surface area contributed by atoms with Crippen LogP contribution in [0.2, 0.25) is 0 Å². The SMILES string of the molecule is C(=C[C@H]1CCCN1)c1cccc2ccccc12. The van der Waals surface area contributed by atoms with Crippen LogP contribution in [-0.2, 0) is 0 Å². The first kappa shape index (κ1) is 10.5. The molecule has 0 unspecified atom stereocenters. The molecule has 0 aliphatic carbocycles. The molecule has 0 saturated carbocycles. The molecule has 1 nitrogen and oxygen atoms in total. The lowest BCUT2D eigenvalue weighted by atomic mass is 10.0. The first-order valence-electron chi connectivity index (χ1n) is 6.33. The maximum absolute atomic E-state index is 3.49. The van der Waals surface area contributed by atoms with Crippen LogP contribution < -0.4 is 5.32 Å². The zero-order valence-corrected chi connectivity index (χ0v) is 9.89. The molecule has 0 amide bonds. The van der Waals surface area contributed by atoms with Crippen LogP contribution in [0.4, 0.5) is 0 Å². The summed E-state index contributed by atoms with van der Waals surface area (Å²) in [6.07, 6.45) is 7.12. The summed E-state index contributed by atoms with van der Waals surface area (Å²) in [7, 11) is 0. The highest BCUT2D eigenvalue weighted by atomic mass is 14.9. The van der Waals surface area contributed by atoms with Crippen LogP contribution >= 0.6 is 0 Å². The van der Waals surface area contributed by atoms with Crippen molar-refractivity contribution in [1.82, 2.24) is 5.32 Å². The normalized spacial score (nSPS) is 20.4. The summed E-state index contributed by atoms with van der Waals surface area (Å²) in [6, 6.07) is 15.6. The fourth-order valence-corrected chi connectivity index (χ4v) is 2.49. The molecule has 0 bridgehead atoms. The van der Waals surface area contributed by atoms with Crippen LogP contribution in [0, 0.1) is 0 Å². The van der Waals surface area contributed by atoms with E-state index in [4.69, 9.17) is 0 Å². The van der Waals surface area contributed by atoms with Crippen LogP contribution in [-0.4, -0.2) is 12.6 Å². The Balaban J connectivity index is 1.94. The average molecular weight is 223 g/mol. The maximum Gasteiger partial charge on any atom is 0.0253 e. The number of hydrogen-bond donors (Lipinski definition) is 1. The van der Waals surface area contributed by atoms with E-state index in [1.165, 1.54) is 29.2 Å². The van der Waals surface area contributed by atoms with Crippen molar-refractivity contribution in [2.75, 3.05) is 6.54 Å². The predicted molar refractivity (Wildman–Crippen MR) is 74.0 cm³/mol. The minimum atomic E-state index is 0.564. The van der Waals surface area contributed by atoms with E-state index in [2.05, 4.69) is 59.9 Å². The van der Waals surface area contributed by atoms with Gasteiger partial charge in [0.2, 0.25) is 0 Å². The van der Waals surface area contributed by atoms with Crippen molar-refractivity contribution in [3.63, 3.8) is 0 Å². The molecule has 1 saturated heterocycles. The second-order valence-electron chi connectivity index (χ2n) is 4.63. The first-order chi connectivity index (χ1) is 8.43. The van der Waals surface area contributed by atoms with Gasteiger partial charge in [-0.15, -0.1) is 0 Å². The third-order valence-electron chi connectivity index (χ3n) is 3.43. The van der Waals surface area contributed by atoms with E-state index in [0.29, 0.717) is 6.04 Å². The topological polar surface area (TPSA) is 12.0 Å². The average Bonchev–Trinajstić information content (AvgIpc) is 2.89. The summed E-state index contributed by atoms with van der Waals surface area (Å²) < 4.78 is 0. The Hall–Kier alpha value is -1.60. The van der Waals surface area contributed by atoms with Gasteiger partial charge in [0.05, 0.1) is 0 Å². The Kier molecular flexibility index (Phi) is 2.93. The zero-order chi connectivity index (χ0) is 11.5. The highest BCUT2D eigenvalue weighted by molar-refractivity contribution is 5.90. The third kappa shape index (κ3) is 2.25. The molecule has 1 aliphatic rings. The second-order valence-corrected chi connectivity index (χ2v) is 4.63. The van der Waals surface area contributed by atoms with Crippen LogP contribution in [0.1, 0.15) is 18.4 Å². The zero-order valence-electron chi connectivity index (χ0n) is 9.89. The van der Waals surface area contributed by atoms with Gasteiger partial charge >= 0.3 is 0 Å². The Bertz CT molecular complexity index is 531. The van der Waals surface area contributed by atoms with Gasteiger partial charge in [0.25, 0.3) is 0 Å². The van der Waals surface area contributed by atoms with Crippen molar-refractivity contribution in [3.05, 3.63) is 54.1 Å². The lowest BCUT2D eigenvalue weighted by Crippen LogP contribution is -2.17. The van der Waals surface area contributed by atoms with Gasteiger partial charge in [0.1, 0.15) is 0 Å². The summed E-state index contributed by atoms with van der Waals surface area (Å²) in [6.45, 7) is 1.16. The number of rotatable bonds is 2. The van der Waals surface area contributed by atoms with Crippen molar-refractivity contribution >= 4 is 16.8 Å². The number of nitrogens with one attached hydrogen (secondary N) is 1. The fourth-order valence-electron chi connectivity index (χ4n) is 2.49. The quantitative estimate of drug-likeness (QED) is 0.820. The molecular weight excluding hydrogens is 206 g/mol. The second kappa shape index (κ2) is 4.72. The van der Waals surface area contributed by atoms with Crippen LogP contribution in [0.15, 0.2) is 48.5 Å². The Morgan fingerprint density at radius 3 is 2.82 bits per heavy atom.